The zero-order chi connectivity index (χ0) is 13.6. The first-order valence-electron chi connectivity index (χ1n) is 6.64. The number of carbonyl (C=O) groups is 1. The number of hydrogen-bond donors (Lipinski definition) is 1. The van der Waals surface area contributed by atoms with E-state index in [0.717, 1.165) is 35.0 Å². The minimum atomic E-state index is -0.947. The summed E-state index contributed by atoms with van der Waals surface area (Å²) < 4.78 is 0. The quantitative estimate of drug-likeness (QED) is 0.923. The Hall–Kier alpha value is -1.49. The molecule has 2 aromatic rings. The molecule has 1 atom stereocenters. The molecule has 0 bridgehead atoms. The van der Waals surface area contributed by atoms with E-state index in [2.05, 4.69) is 22.3 Å². The number of carboxylic acids is 1. The zero-order valence-corrected chi connectivity index (χ0v) is 11.8. The predicted octanol–water partition coefficient (Wildman–Crippen LogP) is 3.78. The fraction of sp³-hybridized carbons (Fsp3) is 0.500. The van der Waals surface area contributed by atoms with Crippen LogP contribution in [0.1, 0.15) is 66.8 Å². The lowest BCUT2D eigenvalue weighted by Crippen LogP contribution is -2.08. The largest absolute Gasteiger partial charge is 0.476 e. The summed E-state index contributed by atoms with van der Waals surface area (Å²) in [5.41, 5.74) is 1.32. The van der Waals surface area contributed by atoms with Crippen molar-refractivity contribution in [2.75, 3.05) is 0 Å². The van der Waals surface area contributed by atoms with Crippen LogP contribution in [0.2, 0.25) is 0 Å². The maximum absolute atomic E-state index is 11.5. The van der Waals surface area contributed by atoms with Gasteiger partial charge in [0.1, 0.15) is 10.7 Å². The summed E-state index contributed by atoms with van der Waals surface area (Å²) in [6.45, 7) is 4.09. The average Bonchev–Trinajstić information content (AvgIpc) is 3.16. The molecule has 0 spiro atoms. The monoisotopic (exact) mass is 276 g/mol. The number of carboxylic acid groups (broad SMARTS) is 1. The van der Waals surface area contributed by atoms with Gasteiger partial charge in [-0.05, 0) is 36.1 Å². The van der Waals surface area contributed by atoms with Crippen molar-refractivity contribution in [1.29, 1.82) is 0 Å². The Morgan fingerprint density at radius 1 is 1.53 bits per heavy atom. The summed E-state index contributed by atoms with van der Waals surface area (Å²) >= 11 is 1.54. The fourth-order valence-electron chi connectivity index (χ4n) is 2.23. The molecule has 0 aromatic carbocycles. The third kappa shape index (κ3) is 2.12. The van der Waals surface area contributed by atoms with Gasteiger partial charge in [0.05, 0.1) is 0 Å². The highest BCUT2D eigenvalue weighted by Gasteiger charge is 2.30. The number of fused-ring (bicyclic) bond motifs is 1. The molecule has 2 heterocycles. The number of rotatable bonds is 4. The SMILES string of the molecule is CCC(C)c1nc(C(=O)O)c2c(C3CC3)csc2n1. The molecule has 100 valence electrons. The third-order valence-electron chi connectivity index (χ3n) is 3.75. The van der Waals surface area contributed by atoms with E-state index in [-0.39, 0.29) is 11.6 Å². The molecule has 1 aliphatic rings. The van der Waals surface area contributed by atoms with E-state index in [1.165, 1.54) is 0 Å². The van der Waals surface area contributed by atoms with Gasteiger partial charge in [0.15, 0.2) is 5.69 Å². The molecule has 1 unspecified atom stereocenters. The van der Waals surface area contributed by atoms with Crippen molar-refractivity contribution in [3.8, 4) is 0 Å². The summed E-state index contributed by atoms with van der Waals surface area (Å²) in [4.78, 5) is 21.2. The number of nitrogens with zero attached hydrogens (tertiary/aromatic N) is 2. The van der Waals surface area contributed by atoms with Crippen molar-refractivity contribution in [3.63, 3.8) is 0 Å². The van der Waals surface area contributed by atoms with Gasteiger partial charge >= 0.3 is 5.97 Å². The molecular formula is C14H16N2O2S. The first kappa shape index (κ1) is 12.5. The smallest absolute Gasteiger partial charge is 0.355 e. The normalized spacial score (nSPS) is 16.7. The molecule has 2 aromatic heterocycles. The third-order valence-corrected chi connectivity index (χ3v) is 4.64. The van der Waals surface area contributed by atoms with E-state index in [9.17, 15) is 9.90 Å². The molecule has 19 heavy (non-hydrogen) atoms. The van der Waals surface area contributed by atoms with E-state index in [1.807, 2.05) is 6.92 Å². The molecule has 0 radical (unpaired) electrons. The second-order valence-electron chi connectivity index (χ2n) is 5.19. The van der Waals surface area contributed by atoms with E-state index in [0.29, 0.717) is 11.7 Å². The molecule has 3 rings (SSSR count). The van der Waals surface area contributed by atoms with Gasteiger partial charge in [-0.15, -0.1) is 11.3 Å². The van der Waals surface area contributed by atoms with E-state index in [4.69, 9.17) is 0 Å². The number of thiophene rings is 1. The van der Waals surface area contributed by atoms with Crippen molar-refractivity contribution < 1.29 is 9.90 Å². The van der Waals surface area contributed by atoms with Gasteiger partial charge < -0.3 is 5.11 Å². The van der Waals surface area contributed by atoms with Crippen LogP contribution in [-0.2, 0) is 0 Å². The van der Waals surface area contributed by atoms with Crippen molar-refractivity contribution in [1.82, 2.24) is 9.97 Å². The van der Waals surface area contributed by atoms with Gasteiger partial charge in [-0.1, -0.05) is 13.8 Å². The lowest BCUT2D eigenvalue weighted by atomic mass is 10.1. The number of aromatic nitrogens is 2. The second-order valence-corrected chi connectivity index (χ2v) is 6.05. The predicted molar refractivity (Wildman–Crippen MR) is 75.1 cm³/mol. The molecule has 0 saturated heterocycles. The minimum absolute atomic E-state index is 0.184. The van der Waals surface area contributed by atoms with Gasteiger partial charge in [-0.25, -0.2) is 14.8 Å². The topological polar surface area (TPSA) is 63.1 Å². The van der Waals surface area contributed by atoms with Gasteiger partial charge in [-0.2, -0.15) is 0 Å². The second kappa shape index (κ2) is 4.56. The van der Waals surface area contributed by atoms with Gasteiger partial charge in [0, 0.05) is 11.3 Å². The van der Waals surface area contributed by atoms with E-state index >= 15 is 0 Å². The Morgan fingerprint density at radius 2 is 2.26 bits per heavy atom. The molecule has 1 N–H and O–H groups in total. The van der Waals surface area contributed by atoms with E-state index < -0.39 is 5.97 Å². The van der Waals surface area contributed by atoms with Crippen LogP contribution >= 0.6 is 11.3 Å². The van der Waals surface area contributed by atoms with Gasteiger partial charge in [0.25, 0.3) is 0 Å². The van der Waals surface area contributed by atoms with Crippen molar-refractivity contribution in [2.24, 2.45) is 0 Å². The van der Waals surface area contributed by atoms with Gasteiger partial charge in [0.2, 0.25) is 0 Å². The molecular weight excluding hydrogens is 260 g/mol. The van der Waals surface area contributed by atoms with Gasteiger partial charge in [-0.3, -0.25) is 0 Å². The lowest BCUT2D eigenvalue weighted by molar-refractivity contribution is 0.0692. The fourth-order valence-corrected chi connectivity index (χ4v) is 3.26. The summed E-state index contributed by atoms with van der Waals surface area (Å²) in [5.74, 6) is 0.410. The van der Waals surface area contributed by atoms with Crippen LogP contribution in [0.25, 0.3) is 10.2 Å². The summed E-state index contributed by atoms with van der Waals surface area (Å²) in [6, 6.07) is 0. The first-order chi connectivity index (χ1) is 9.11. The highest BCUT2D eigenvalue weighted by molar-refractivity contribution is 7.17. The minimum Gasteiger partial charge on any atom is -0.476 e. The molecule has 0 aliphatic heterocycles. The number of aromatic carboxylic acids is 1. The molecule has 1 fully saturated rings. The van der Waals surface area contributed by atoms with Crippen LogP contribution in [0.5, 0.6) is 0 Å². The van der Waals surface area contributed by atoms with Crippen LogP contribution < -0.4 is 0 Å². The standard InChI is InChI=1S/C14H16N2O2S/c1-3-7(2)12-15-11(14(17)18)10-9(8-4-5-8)6-19-13(10)16-12/h6-8H,3-5H2,1-2H3,(H,17,18). The van der Waals surface area contributed by atoms with Crippen LogP contribution in [0.4, 0.5) is 0 Å². The van der Waals surface area contributed by atoms with Crippen molar-refractivity contribution in [3.05, 3.63) is 22.5 Å². The Balaban J connectivity index is 2.23. The molecule has 4 nitrogen and oxygen atoms in total. The van der Waals surface area contributed by atoms with Crippen molar-refractivity contribution in [2.45, 2.75) is 44.9 Å². The molecule has 1 saturated carbocycles. The average molecular weight is 276 g/mol. The highest BCUT2D eigenvalue weighted by atomic mass is 32.1. The highest BCUT2D eigenvalue weighted by Crippen LogP contribution is 2.45. The Bertz CT molecular complexity index is 646. The Morgan fingerprint density at radius 3 is 2.84 bits per heavy atom. The number of hydrogen-bond acceptors (Lipinski definition) is 4. The zero-order valence-electron chi connectivity index (χ0n) is 11.0. The molecule has 5 heteroatoms. The van der Waals surface area contributed by atoms with Crippen LogP contribution in [0.3, 0.4) is 0 Å². The first-order valence-corrected chi connectivity index (χ1v) is 7.52. The lowest BCUT2D eigenvalue weighted by Gasteiger charge is -2.09. The van der Waals surface area contributed by atoms with Crippen LogP contribution in [-0.4, -0.2) is 21.0 Å². The summed E-state index contributed by atoms with van der Waals surface area (Å²) in [5, 5.41) is 12.3. The van der Waals surface area contributed by atoms with Crippen LogP contribution in [0, 0.1) is 0 Å². The van der Waals surface area contributed by atoms with Crippen LogP contribution in [0.15, 0.2) is 5.38 Å². The van der Waals surface area contributed by atoms with E-state index in [1.54, 1.807) is 11.3 Å². The molecule has 0 amide bonds. The Labute approximate surface area is 115 Å². The summed E-state index contributed by atoms with van der Waals surface area (Å²) in [7, 11) is 0. The molecule has 1 aliphatic carbocycles. The maximum atomic E-state index is 11.5. The maximum Gasteiger partial charge on any atom is 0.355 e. The van der Waals surface area contributed by atoms with Crippen molar-refractivity contribution >= 4 is 27.5 Å². The Kier molecular flexibility index (Phi) is 3.01. The summed E-state index contributed by atoms with van der Waals surface area (Å²) in [6.07, 6.45) is 3.21.